The molecule has 0 aliphatic carbocycles. The van der Waals surface area contributed by atoms with Crippen LogP contribution in [0.3, 0.4) is 0 Å². The first-order chi connectivity index (χ1) is 18.6. The number of rotatable bonds is 7. The third kappa shape index (κ3) is 6.76. The highest BCUT2D eigenvalue weighted by Crippen LogP contribution is 2.37. The molecule has 2 heterocycles. The second kappa shape index (κ2) is 10.9. The number of aliphatic hydroxyl groups is 2. The van der Waals surface area contributed by atoms with Crippen molar-refractivity contribution in [3.05, 3.63) is 76.5 Å². The molecule has 2 aromatic carbocycles. The molecule has 10 nitrogen and oxygen atoms in total. The molecular weight excluding hydrogens is 540 g/mol. The number of nitrogens with zero attached hydrogens (tertiary/aromatic N) is 3. The van der Waals surface area contributed by atoms with Crippen molar-refractivity contribution in [3.63, 3.8) is 0 Å². The van der Waals surface area contributed by atoms with Gasteiger partial charge in [0.25, 0.3) is 5.91 Å². The molecule has 206 valence electrons. The van der Waals surface area contributed by atoms with Gasteiger partial charge in [-0.3, -0.25) is 19.3 Å². The summed E-state index contributed by atoms with van der Waals surface area (Å²) in [7, 11) is 4.98. The standard InChI is InChI=1S/C27H26BClFN5O5/c1-14-7-15(9-23(36)33-16-12-32-35(13-16)26(2,3)4)8-19(29)24(14)40-22-5-6-31-21-11-20(30)17(10-18(21)22)25(37)34-27(28,38)39/h5-8,10-13,38-39H,9H2,1-4H3,(H,33,36)(H,34,37). The number of nitrogens with one attached hydrogen (secondary N) is 2. The normalized spacial score (nSPS) is 11.9. The van der Waals surface area contributed by atoms with E-state index in [1.54, 1.807) is 41.4 Å². The van der Waals surface area contributed by atoms with E-state index in [1.807, 2.05) is 20.8 Å². The van der Waals surface area contributed by atoms with Gasteiger partial charge in [-0.05, 0) is 57.0 Å². The van der Waals surface area contributed by atoms with Crippen molar-refractivity contribution in [3.8, 4) is 11.5 Å². The number of hydrogen-bond acceptors (Lipinski definition) is 7. The Morgan fingerprint density at radius 1 is 1.20 bits per heavy atom. The lowest BCUT2D eigenvalue weighted by Gasteiger charge is -2.19. The van der Waals surface area contributed by atoms with E-state index < -0.39 is 23.1 Å². The number of benzene rings is 2. The van der Waals surface area contributed by atoms with Crippen LogP contribution in [-0.4, -0.2) is 50.4 Å². The maximum absolute atomic E-state index is 14.6. The predicted molar refractivity (Wildman–Crippen MR) is 148 cm³/mol. The second-order valence-electron chi connectivity index (χ2n) is 10.2. The highest BCUT2D eigenvalue weighted by Gasteiger charge is 2.23. The highest BCUT2D eigenvalue weighted by atomic mass is 35.5. The number of halogens is 2. The van der Waals surface area contributed by atoms with E-state index >= 15 is 0 Å². The fourth-order valence-corrected chi connectivity index (χ4v) is 4.26. The summed E-state index contributed by atoms with van der Waals surface area (Å²) in [5, 5.41) is 27.7. The molecule has 2 amide bonds. The minimum atomic E-state index is -3.04. The summed E-state index contributed by atoms with van der Waals surface area (Å²) in [4.78, 5) is 29.1. The van der Waals surface area contributed by atoms with Gasteiger partial charge in [-0.25, -0.2) is 4.39 Å². The lowest BCUT2D eigenvalue weighted by Crippen LogP contribution is -2.49. The average molecular weight is 566 g/mol. The number of aryl methyl sites for hydroxylation is 1. The van der Waals surface area contributed by atoms with Gasteiger partial charge in [-0.1, -0.05) is 17.7 Å². The van der Waals surface area contributed by atoms with Gasteiger partial charge >= 0.3 is 0 Å². The van der Waals surface area contributed by atoms with Crippen LogP contribution < -0.4 is 15.4 Å². The molecule has 0 atom stereocenters. The molecule has 0 fully saturated rings. The van der Waals surface area contributed by atoms with Crippen molar-refractivity contribution in [2.75, 3.05) is 5.32 Å². The molecule has 0 spiro atoms. The minimum Gasteiger partial charge on any atom is -0.455 e. The summed E-state index contributed by atoms with van der Waals surface area (Å²) in [5.41, 5.74) is 1.28. The fraction of sp³-hybridized carbons (Fsp3) is 0.259. The fourth-order valence-electron chi connectivity index (χ4n) is 3.93. The Morgan fingerprint density at radius 3 is 2.55 bits per heavy atom. The van der Waals surface area contributed by atoms with Crippen LogP contribution in [0.1, 0.15) is 42.3 Å². The monoisotopic (exact) mass is 565 g/mol. The summed E-state index contributed by atoms with van der Waals surface area (Å²) in [6, 6.07) is 7.02. The number of carbonyl (C=O) groups is 2. The van der Waals surface area contributed by atoms with Crippen LogP contribution in [0.2, 0.25) is 5.02 Å². The number of hydrogen-bond donors (Lipinski definition) is 4. The first-order valence-corrected chi connectivity index (χ1v) is 12.4. The number of anilines is 1. The first kappa shape index (κ1) is 29.0. The molecule has 2 radical (unpaired) electrons. The summed E-state index contributed by atoms with van der Waals surface area (Å²) in [6.07, 6.45) is 4.79. The number of ether oxygens (including phenoxy) is 1. The van der Waals surface area contributed by atoms with Crippen LogP contribution in [0.4, 0.5) is 10.1 Å². The molecule has 40 heavy (non-hydrogen) atoms. The smallest absolute Gasteiger partial charge is 0.257 e. The highest BCUT2D eigenvalue weighted by molar-refractivity contribution is 6.32. The van der Waals surface area contributed by atoms with E-state index in [2.05, 4.69) is 15.4 Å². The van der Waals surface area contributed by atoms with E-state index in [-0.39, 0.29) is 45.3 Å². The van der Waals surface area contributed by atoms with Crippen LogP contribution in [0.5, 0.6) is 11.5 Å². The summed E-state index contributed by atoms with van der Waals surface area (Å²) >= 11 is 6.53. The third-order valence-corrected chi connectivity index (χ3v) is 6.03. The molecule has 0 aliphatic heterocycles. The quantitative estimate of drug-likeness (QED) is 0.198. The van der Waals surface area contributed by atoms with Crippen LogP contribution in [-0.2, 0) is 16.8 Å². The summed E-state index contributed by atoms with van der Waals surface area (Å²) < 4.78 is 22.4. The number of aromatic nitrogens is 3. The molecule has 2 aromatic heterocycles. The zero-order chi connectivity index (χ0) is 29.4. The summed E-state index contributed by atoms with van der Waals surface area (Å²) in [5.74, 6) is -4.92. The Hall–Kier alpha value is -4.00. The molecule has 0 aliphatic rings. The lowest BCUT2D eigenvalue weighted by atomic mass is 10.0. The zero-order valence-electron chi connectivity index (χ0n) is 22.1. The Kier molecular flexibility index (Phi) is 7.89. The number of pyridine rings is 1. The van der Waals surface area contributed by atoms with Crippen molar-refractivity contribution < 1.29 is 28.9 Å². The topological polar surface area (TPSA) is 139 Å². The van der Waals surface area contributed by atoms with Gasteiger partial charge in [0.2, 0.25) is 5.91 Å². The molecular formula is C27H26BClFN5O5. The molecule has 4 rings (SSSR count). The van der Waals surface area contributed by atoms with Crippen molar-refractivity contribution in [2.45, 2.75) is 45.5 Å². The number of carbonyl (C=O) groups excluding carboxylic acids is 2. The van der Waals surface area contributed by atoms with Gasteiger partial charge in [-0.15, -0.1) is 0 Å². The molecule has 0 bridgehead atoms. The van der Waals surface area contributed by atoms with Gasteiger partial charge < -0.3 is 25.6 Å². The van der Waals surface area contributed by atoms with Gasteiger partial charge in [-0.2, -0.15) is 5.10 Å². The Morgan fingerprint density at radius 2 is 1.93 bits per heavy atom. The Labute approximate surface area is 235 Å². The SMILES string of the molecule is [B]C(O)(O)NC(=O)c1cc2c(Oc3c(C)cc(CC(=O)Nc4cnn(C(C)(C)C)c4)cc3Cl)ccnc2cc1F. The van der Waals surface area contributed by atoms with Gasteiger partial charge in [0.1, 0.15) is 17.3 Å². The largest absolute Gasteiger partial charge is 0.455 e. The molecule has 4 aromatic rings. The zero-order valence-corrected chi connectivity index (χ0v) is 22.9. The maximum Gasteiger partial charge on any atom is 0.257 e. The van der Waals surface area contributed by atoms with E-state index in [4.69, 9.17) is 24.2 Å². The molecule has 0 saturated carbocycles. The van der Waals surface area contributed by atoms with Crippen molar-refractivity contribution >= 4 is 47.9 Å². The predicted octanol–water partition coefficient (Wildman–Crippen LogP) is 3.75. The van der Waals surface area contributed by atoms with Crippen molar-refractivity contribution in [1.82, 2.24) is 20.1 Å². The van der Waals surface area contributed by atoms with Gasteiger partial charge in [0, 0.05) is 23.8 Å². The maximum atomic E-state index is 14.6. The van der Waals surface area contributed by atoms with Crippen molar-refractivity contribution in [1.29, 1.82) is 0 Å². The van der Waals surface area contributed by atoms with Gasteiger partial charge in [0.05, 0.1) is 39.9 Å². The molecule has 0 unspecified atom stereocenters. The minimum absolute atomic E-state index is 0.0514. The van der Waals surface area contributed by atoms with E-state index in [0.717, 1.165) is 12.1 Å². The molecule has 13 heteroatoms. The van der Waals surface area contributed by atoms with Crippen LogP contribution in [0, 0.1) is 12.7 Å². The average Bonchev–Trinajstić information content (AvgIpc) is 3.28. The summed E-state index contributed by atoms with van der Waals surface area (Å²) in [6.45, 7) is 7.75. The Balaban J connectivity index is 1.56. The van der Waals surface area contributed by atoms with Crippen LogP contribution in [0.25, 0.3) is 10.9 Å². The molecule has 4 N–H and O–H groups in total. The lowest BCUT2D eigenvalue weighted by molar-refractivity contribution is -0.115. The third-order valence-electron chi connectivity index (χ3n) is 5.75. The van der Waals surface area contributed by atoms with Crippen LogP contribution >= 0.6 is 11.6 Å². The number of fused-ring (bicyclic) bond motifs is 1. The van der Waals surface area contributed by atoms with E-state index in [0.29, 0.717) is 16.8 Å². The molecule has 0 saturated heterocycles. The Bertz CT molecular complexity index is 1590. The van der Waals surface area contributed by atoms with Crippen molar-refractivity contribution in [2.24, 2.45) is 0 Å². The van der Waals surface area contributed by atoms with E-state index in [9.17, 15) is 24.2 Å². The van der Waals surface area contributed by atoms with E-state index in [1.165, 1.54) is 12.3 Å². The first-order valence-electron chi connectivity index (χ1n) is 12.1. The number of amides is 2. The second-order valence-corrected chi connectivity index (χ2v) is 10.6. The van der Waals surface area contributed by atoms with Gasteiger partial charge in [0.15, 0.2) is 13.7 Å². The van der Waals surface area contributed by atoms with Crippen LogP contribution in [0.15, 0.2) is 48.9 Å².